The Morgan fingerprint density at radius 3 is 2.57 bits per heavy atom. The summed E-state index contributed by atoms with van der Waals surface area (Å²) in [6.07, 6.45) is 2.31. The molecule has 2 aromatic carbocycles. The molecule has 2 heterocycles. The fourth-order valence-corrected chi connectivity index (χ4v) is 3.99. The van der Waals surface area contributed by atoms with Crippen molar-refractivity contribution in [1.29, 1.82) is 0 Å². The van der Waals surface area contributed by atoms with E-state index in [0.29, 0.717) is 0 Å². The van der Waals surface area contributed by atoms with Crippen molar-refractivity contribution in [3.63, 3.8) is 0 Å². The van der Waals surface area contributed by atoms with Crippen molar-refractivity contribution in [3.8, 4) is 0 Å². The number of anilines is 2. The van der Waals surface area contributed by atoms with Crippen molar-refractivity contribution in [2.45, 2.75) is 24.9 Å². The van der Waals surface area contributed by atoms with E-state index in [4.69, 9.17) is 11.6 Å². The maximum Gasteiger partial charge on any atom is 0.0606 e. The Morgan fingerprint density at radius 2 is 1.74 bits per heavy atom. The van der Waals surface area contributed by atoms with E-state index in [1.807, 2.05) is 12.1 Å². The van der Waals surface area contributed by atoms with Gasteiger partial charge in [0.1, 0.15) is 0 Å². The molecule has 1 saturated heterocycles. The van der Waals surface area contributed by atoms with E-state index in [-0.39, 0.29) is 5.54 Å². The largest absolute Gasteiger partial charge is 0.376 e. The normalized spacial score (nSPS) is 19.3. The van der Waals surface area contributed by atoms with E-state index in [0.717, 1.165) is 44.0 Å². The summed E-state index contributed by atoms with van der Waals surface area (Å²) in [4.78, 5) is 2.48. The maximum absolute atomic E-state index is 6.40. The molecule has 4 rings (SSSR count). The van der Waals surface area contributed by atoms with Crippen LogP contribution in [0.3, 0.4) is 0 Å². The molecule has 0 bridgehead atoms. The van der Waals surface area contributed by atoms with Crippen LogP contribution < -0.4 is 15.5 Å². The topological polar surface area (TPSA) is 27.3 Å². The maximum atomic E-state index is 6.40. The number of hydrogen-bond donors (Lipinski definition) is 2. The van der Waals surface area contributed by atoms with Crippen molar-refractivity contribution in [3.05, 3.63) is 59.1 Å². The van der Waals surface area contributed by atoms with Gasteiger partial charge in [0.25, 0.3) is 0 Å². The summed E-state index contributed by atoms with van der Waals surface area (Å²) in [5, 5.41) is 8.15. The minimum atomic E-state index is 0.168. The van der Waals surface area contributed by atoms with Gasteiger partial charge in [-0.05, 0) is 49.7 Å². The Bertz CT molecular complexity index is 695. The fourth-order valence-electron chi connectivity index (χ4n) is 3.79. The lowest BCUT2D eigenvalue weighted by atomic mass is 9.85. The average molecular weight is 328 g/mol. The van der Waals surface area contributed by atoms with Crippen LogP contribution in [0.1, 0.15) is 18.4 Å². The number of piperidine rings is 1. The van der Waals surface area contributed by atoms with Crippen molar-refractivity contribution in [2.75, 3.05) is 29.9 Å². The van der Waals surface area contributed by atoms with Gasteiger partial charge in [0.2, 0.25) is 0 Å². The van der Waals surface area contributed by atoms with Gasteiger partial charge in [-0.2, -0.15) is 0 Å². The third-order valence-corrected chi connectivity index (χ3v) is 5.39. The zero-order valence-corrected chi connectivity index (χ0v) is 13.9. The molecule has 0 atom stereocenters. The number of benzene rings is 2. The zero-order chi connectivity index (χ0) is 15.7. The zero-order valence-electron chi connectivity index (χ0n) is 13.2. The van der Waals surface area contributed by atoms with E-state index in [2.05, 4.69) is 51.9 Å². The Hall–Kier alpha value is -1.71. The number of nitrogens with zero attached hydrogens (tertiary/aromatic N) is 1. The molecule has 2 aliphatic rings. The van der Waals surface area contributed by atoms with Gasteiger partial charge >= 0.3 is 0 Å². The summed E-state index contributed by atoms with van der Waals surface area (Å²) >= 11 is 6.40. The lowest BCUT2D eigenvalue weighted by molar-refractivity contribution is 0.332. The molecule has 2 aromatic rings. The predicted molar refractivity (Wildman–Crippen MR) is 97.4 cm³/mol. The van der Waals surface area contributed by atoms with Crippen LogP contribution in [0.5, 0.6) is 0 Å². The molecule has 23 heavy (non-hydrogen) atoms. The van der Waals surface area contributed by atoms with Crippen molar-refractivity contribution in [1.82, 2.24) is 5.32 Å². The van der Waals surface area contributed by atoms with Gasteiger partial charge in [0.15, 0.2) is 0 Å². The lowest BCUT2D eigenvalue weighted by Crippen LogP contribution is -2.57. The van der Waals surface area contributed by atoms with Crippen LogP contribution in [0, 0.1) is 0 Å². The van der Waals surface area contributed by atoms with Gasteiger partial charge in [-0.1, -0.05) is 41.9 Å². The highest BCUT2D eigenvalue weighted by molar-refractivity contribution is 6.31. The number of rotatable bonds is 2. The molecule has 0 aliphatic carbocycles. The summed E-state index contributed by atoms with van der Waals surface area (Å²) in [6.45, 7) is 4.04. The molecule has 4 heteroatoms. The van der Waals surface area contributed by atoms with Crippen LogP contribution in [0.15, 0.2) is 48.5 Å². The Balaban J connectivity index is 1.68. The molecule has 0 saturated carbocycles. The first-order valence-electron chi connectivity index (χ1n) is 8.32. The second-order valence-corrected chi connectivity index (χ2v) is 7.03. The number of halogens is 1. The van der Waals surface area contributed by atoms with Crippen molar-refractivity contribution >= 4 is 23.0 Å². The number of hydrogen-bond acceptors (Lipinski definition) is 3. The van der Waals surface area contributed by atoms with E-state index in [9.17, 15) is 0 Å². The predicted octanol–water partition coefficient (Wildman–Crippen LogP) is 3.89. The minimum absolute atomic E-state index is 0.168. The smallest absolute Gasteiger partial charge is 0.0606 e. The molecule has 1 spiro atoms. The standard InChI is InChI=1S/C19H22ClN3/c20-16-6-2-1-5-15(16)13-23-14-19(9-11-21-12-10-19)22-17-7-3-4-8-18(17)23/h1-8,21-22H,9-14H2. The molecule has 2 aliphatic heterocycles. The SMILES string of the molecule is Clc1ccccc1CN1CC2(CCNCC2)Nc2ccccc21. The van der Waals surface area contributed by atoms with Gasteiger partial charge in [0.05, 0.1) is 16.9 Å². The molecule has 0 unspecified atom stereocenters. The highest BCUT2D eigenvalue weighted by Gasteiger charge is 2.38. The summed E-state index contributed by atoms with van der Waals surface area (Å²) in [7, 11) is 0. The molecular formula is C19H22ClN3. The van der Waals surface area contributed by atoms with Gasteiger partial charge < -0.3 is 15.5 Å². The van der Waals surface area contributed by atoms with E-state index in [1.165, 1.54) is 16.9 Å². The number of nitrogens with one attached hydrogen (secondary N) is 2. The Labute approximate surface area is 142 Å². The Morgan fingerprint density at radius 1 is 1.00 bits per heavy atom. The van der Waals surface area contributed by atoms with Crippen LogP contribution in [0.4, 0.5) is 11.4 Å². The highest BCUT2D eigenvalue weighted by Crippen LogP contribution is 2.39. The molecule has 1 fully saturated rings. The Kier molecular flexibility index (Phi) is 3.92. The summed E-state index contributed by atoms with van der Waals surface area (Å²) in [5.41, 5.74) is 3.88. The van der Waals surface area contributed by atoms with Crippen molar-refractivity contribution < 1.29 is 0 Å². The highest BCUT2D eigenvalue weighted by atomic mass is 35.5. The van der Waals surface area contributed by atoms with E-state index >= 15 is 0 Å². The van der Waals surface area contributed by atoms with E-state index < -0.39 is 0 Å². The lowest BCUT2D eigenvalue weighted by Gasteiger charge is -2.48. The fraction of sp³-hybridized carbons (Fsp3) is 0.368. The molecule has 0 aromatic heterocycles. The first-order chi connectivity index (χ1) is 11.3. The quantitative estimate of drug-likeness (QED) is 0.876. The van der Waals surface area contributed by atoms with Crippen LogP contribution in [0.2, 0.25) is 5.02 Å². The summed E-state index contributed by atoms with van der Waals surface area (Å²) in [5.74, 6) is 0. The van der Waals surface area contributed by atoms with Crippen LogP contribution in [-0.4, -0.2) is 25.2 Å². The monoisotopic (exact) mass is 327 g/mol. The second kappa shape index (κ2) is 6.06. The third kappa shape index (κ3) is 2.91. The molecule has 0 amide bonds. The molecule has 0 radical (unpaired) electrons. The van der Waals surface area contributed by atoms with Crippen LogP contribution in [-0.2, 0) is 6.54 Å². The van der Waals surface area contributed by atoms with Gasteiger partial charge in [-0.25, -0.2) is 0 Å². The van der Waals surface area contributed by atoms with Gasteiger partial charge in [-0.3, -0.25) is 0 Å². The van der Waals surface area contributed by atoms with Gasteiger partial charge in [0, 0.05) is 18.1 Å². The second-order valence-electron chi connectivity index (χ2n) is 6.62. The van der Waals surface area contributed by atoms with E-state index in [1.54, 1.807) is 0 Å². The summed E-state index contributed by atoms with van der Waals surface area (Å²) < 4.78 is 0. The minimum Gasteiger partial charge on any atom is -0.376 e. The average Bonchev–Trinajstić information content (AvgIpc) is 2.57. The molecule has 120 valence electrons. The number of para-hydroxylation sites is 2. The first-order valence-corrected chi connectivity index (χ1v) is 8.70. The molecule has 2 N–H and O–H groups in total. The third-order valence-electron chi connectivity index (χ3n) is 5.02. The summed E-state index contributed by atoms with van der Waals surface area (Å²) in [6, 6.07) is 16.8. The number of fused-ring (bicyclic) bond motifs is 1. The molecule has 3 nitrogen and oxygen atoms in total. The van der Waals surface area contributed by atoms with Gasteiger partial charge in [-0.15, -0.1) is 0 Å². The van der Waals surface area contributed by atoms with Crippen LogP contribution in [0.25, 0.3) is 0 Å². The molecular weight excluding hydrogens is 306 g/mol. The van der Waals surface area contributed by atoms with Crippen molar-refractivity contribution in [2.24, 2.45) is 0 Å². The first kappa shape index (κ1) is 14.9. The van der Waals surface area contributed by atoms with Crippen LogP contribution >= 0.6 is 11.6 Å².